The van der Waals surface area contributed by atoms with Crippen molar-refractivity contribution in [2.75, 3.05) is 11.9 Å². The Hall–Kier alpha value is -2.03. The summed E-state index contributed by atoms with van der Waals surface area (Å²) in [5, 5.41) is 3.37. The van der Waals surface area contributed by atoms with E-state index in [1.165, 1.54) is 12.1 Å². The standard InChI is InChI=1S/C16H18FNO/c1-3-19-16-10-8-15(9-11-16)18-12(2)13-4-6-14(17)7-5-13/h4-12,18H,3H2,1-2H3. The van der Waals surface area contributed by atoms with Crippen LogP contribution >= 0.6 is 0 Å². The summed E-state index contributed by atoms with van der Waals surface area (Å²) in [5.74, 6) is 0.652. The highest BCUT2D eigenvalue weighted by molar-refractivity contribution is 5.48. The van der Waals surface area contributed by atoms with Crippen molar-refractivity contribution in [1.82, 2.24) is 0 Å². The minimum atomic E-state index is -0.211. The topological polar surface area (TPSA) is 21.3 Å². The van der Waals surface area contributed by atoms with Crippen molar-refractivity contribution < 1.29 is 9.13 Å². The molecule has 2 aromatic carbocycles. The Morgan fingerprint density at radius 1 is 1.05 bits per heavy atom. The van der Waals surface area contributed by atoms with E-state index in [9.17, 15) is 4.39 Å². The first-order valence-corrected chi connectivity index (χ1v) is 6.44. The van der Waals surface area contributed by atoms with Crippen LogP contribution in [0.1, 0.15) is 25.5 Å². The van der Waals surface area contributed by atoms with Gasteiger partial charge in [-0.05, 0) is 55.8 Å². The molecule has 1 unspecified atom stereocenters. The molecule has 100 valence electrons. The second-order valence-corrected chi connectivity index (χ2v) is 4.37. The molecule has 1 atom stereocenters. The summed E-state index contributed by atoms with van der Waals surface area (Å²) in [6.07, 6.45) is 0. The van der Waals surface area contributed by atoms with E-state index < -0.39 is 0 Å². The molecule has 2 nitrogen and oxygen atoms in total. The molecule has 0 aliphatic heterocycles. The molecule has 0 aliphatic rings. The highest BCUT2D eigenvalue weighted by atomic mass is 19.1. The fourth-order valence-electron chi connectivity index (χ4n) is 1.90. The van der Waals surface area contributed by atoms with E-state index >= 15 is 0 Å². The van der Waals surface area contributed by atoms with E-state index in [0.29, 0.717) is 6.61 Å². The molecule has 0 aliphatic carbocycles. The Balaban J connectivity index is 2.01. The molecule has 0 radical (unpaired) electrons. The highest BCUT2D eigenvalue weighted by Crippen LogP contribution is 2.21. The first kappa shape index (κ1) is 13.4. The predicted octanol–water partition coefficient (Wildman–Crippen LogP) is 4.40. The van der Waals surface area contributed by atoms with E-state index in [1.807, 2.05) is 38.1 Å². The Kier molecular flexibility index (Phi) is 4.39. The minimum Gasteiger partial charge on any atom is -0.494 e. The molecule has 2 rings (SSSR count). The first-order chi connectivity index (χ1) is 9.19. The van der Waals surface area contributed by atoms with E-state index in [2.05, 4.69) is 5.32 Å². The zero-order chi connectivity index (χ0) is 13.7. The summed E-state index contributed by atoms with van der Waals surface area (Å²) >= 11 is 0. The Morgan fingerprint density at radius 2 is 1.68 bits per heavy atom. The molecule has 0 bridgehead atoms. The zero-order valence-electron chi connectivity index (χ0n) is 11.2. The number of rotatable bonds is 5. The van der Waals surface area contributed by atoms with E-state index in [4.69, 9.17) is 4.74 Å². The molecule has 0 spiro atoms. The lowest BCUT2D eigenvalue weighted by Crippen LogP contribution is -2.06. The Labute approximate surface area is 113 Å². The van der Waals surface area contributed by atoms with Crippen molar-refractivity contribution in [3.05, 3.63) is 59.9 Å². The molecule has 3 heteroatoms. The van der Waals surface area contributed by atoms with Crippen molar-refractivity contribution in [2.45, 2.75) is 19.9 Å². The summed E-state index contributed by atoms with van der Waals surface area (Å²) in [4.78, 5) is 0. The maximum absolute atomic E-state index is 12.9. The van der Waals surface area contributed by atoms with Crippen LogP contribution < -0.4 is 10.1 Å². The van der Waals surface area contributed by atoms with Crippen LogP contribution in [0.4, 0.5) is 10.1 Å². The second-order valence-electron chi connectivity index (χ2n) is 4.37. The number of ether oxygens (including phenoxy) is 1. The third-order valence-corrected chi connectivity index (χ3v) is 2.92. The Bertz CT molecular complexity index is 507. The molecule has 2 aromatic rings. The van der Waals surface area contributed by atoms with Gasteiger partial charge in [0.2, 0.25) is 0 Å². The van der Waals surface area contributed by atoms with Crippen LogP contribution in [0, 0.1) is 5.82 Å². The van der Waals surface area contributed by atoms with Crippen LogP contribution in [0.3, 0.4) is 0 Å². The number of benzene rings is 2. The molecule has 0 saturated heterocycles. The monoisotopic (exact) mass is 259 g/mol. The van der Waals surface area contributed by atoms with Gasteiger partial charge in [-0.1, -0.05) is 12.1 Å². The number of halogens is 1. The van der Waals surface area contributed by atoms with Gasteiger partial charge in [0.05, 0.1) is 6.61 Å². The van der Waals surface area contributed by atoms with Crippen LogP contribution in [0.15, 0.2) is 48.5 Å². The third-order valence-electron chi connectivity index (χ3n) is 2.92. The quantitative estimate of drug-likeness (QED) is 0.859. The van der Waals surface area contributed by atoms with E-state index in [1.54, 1.807) is 12.1 Å². The molecule has 0 aromatic heterocycles. The molecule has 0 saturated carbocycles. The molecular formula is C16H18FNO. The van der Waals surface area contributed by atoms with E-state index in [0.717, 1.165) is 17.0 Å². The fraction of sp³-hybridized carbons (Fsp3) is 0.250. The fourth-order valence-corrected chi connectivity index (χ4v) is 1.90. The first-order valence-electron chi connectivity index (χ1n) is 6.44. The van der Waals surface area contributed by atoms with Crippen LogP contribution in [0.25, 0.3) is 0 Å². The molecule has 0 heterocycles. The van der Waals surface area contributed by atoms with Crippen molar-refractivity contribution >= 4 is 5.69 Å². The summed E-state index contributed by atoms with van der Waals surface area (Å²) in [5.41, 5.74) is 2.07. The zero-order valence-corrected chi connectivity index (χ0v) is 11.2. The van der Waals surface area contributed by atoms with Crippen LogP contribution in [0.5, 0.6) is 5.75 Å². The van der Waals surface area contributed by atoms with Crippen molar-refractivity contribution in [3.63, 3.8) is 0 Å². The maximum Gasteiger partial charge on any atom is 0.123 e. The third kappa shape index (κ3) is 3.71. The molecular weight excluding hydrogens is 241 g/mol. The van der Waals surface area contributed by atoms with E-state index in [-0.39, 0.29) is 11.9 Å². The van der Waals surface area contributed by atoms with Gasteiger partial charge in [0.1, 0.15) is 11.6 Å². The van der Waals surface area contributed by atoms with Crippen LogP contribution in [0.2, 0.25) is 0 Å². The SMILES string of the molecule is CCOc1ccc(NC(C)c2ccc(F)cc2)cc1. The lowest BCUT2D eigenvalue weighted by atomic mass is 10.1. The van der Waals surface area contributed by atoms with Crippen molar-refractivity contribution in [3.8, 4) is 5.75 Å². The largest absolute Gasteiger partial charge is 0.494 e. The predicted molar refractivity (Wildman–Crippen MR) is 76.0 cm³/mol. The number of hydrogen-bond donors (Lipinski definition) is 1. The van der Waals surface area contributed by atoms with Gasteiger partial charge in [0.15, 0.2) is 0 Å². The smallest absolute Gasteiger partial charge is 0.123 e. The van der Waals surface area contributed by atoms with Gasteiger partial charge >= 0.3 is 0 Å². The normalized spacial score (nSPS) is 11.9. The Morgan fingerprint density at radius 3 is 2.26 bits per heavy atom. The highest BCUT2D eigenvalue weighted by Gasteiger charge is 2.05. The van der Waals surface area contributed by atoms with Gasteiger partial charge in [-0.2, -0.15) is 0 Å². The average molecular weight is 259 g/mol. The average Bonchev–Trinajstić information content (AvgIpc) is 2.42. The van der Waals surface area contributed by atoms with Gasteiger partial charge in [-0.3, -0.25) is 0 Å². The maximum atomic E-state index is 12.9. The molecule has 1 N–H and O–H groups in total. The number of anilines is 1. The number of nitrogens with one attached hydrogen (secondary N) is 1. The molecule has 0 amide bonds. The molecule has 19 heavy (non-hydrogen) atoms. The minimum absolute atomic E-state index is 0.124. The number of hydrogen-bond acceptors (Lipinski definition) is 2. The van der Waals surface area contributed by atoms with Crippen molar-refractivity contribution in [1.29, 1.82) is 0 Å². The second kappa shape index (κ2) is 6.23. The summed E-state index contributed by atoms with van der Waals surface area (Å²) < 4.78 is 18.3. The van der Waals surface area contributed by atoms with Gasteiger partial charge in [-0.15, -0.1) is 0 Å². The summed E-state index contributed by atoms with van der Waals surface area (Å²) in [6.45, 7) is 4.67. The van der Waals surface area contributed by atoms with Gasteiger partial charge < -0.3 is 10.1 Å². The lowest BCUT2D eigenvalue weighted by molar-refractivity contribution is 0.340. The lowest BCUT2D eigenvalue weighted by Gasteiger charge is -2.16. The van der Waals surface area contributed by atoms with Gasteiger partial charge in [0.25, 0.3) is 0 Å². The van der Waals surface area contributed by atoms with Crippen molar-refractivity contribution in [2.24, 2.45) is 0 Å². The summed E-state index contributed by atoms with van der Waals surface area (Å²) in [6, 6.07) is 14.5. The van der Waals surface area contributed by atoms with Gasteiger partial charge in [-0.25, -0.2) is 4.39 Å². The summed E-state index contributed by atoms with van der Waals surface area (Å²) in [7, 11) is 0. The molecule has 0 fully saturated rings. The van der Waals surface area contributed by atoms with Crippen LogP contribution in [-0.4, -0.2) is 6.61 Å². The van der Waals surface area contributed by atoms with Crippen LogP contribution in [-0.2, 0) is 0 Å². The van der Waals surface area contributed by atoms with Gasteiger partial charge in [0, 0.05) is 11.7 Å².